The van der Waals surface area contributed by atoms with Gasteiger partial charge in [-0.05, 0) is 20.3 Å². The highest BCUT2D eigenvalue weighted by molar-refractivity contribution is 5.77. The normalized spacial score (nSPS) is 33.6. The Morgan fingerprint density at radius 3 is 2.42 bits per heavy atom. The number of nitrogens with two attached hydrogens (primary N) is 1. The highest BCUT2D eigenvalue weighted by Crippen LogP contribution is 2.42. The fraction of sp³-hybridized carbons (Fsp3) is 0.875. The minimum absolute atomic E-state index is 0.134. The second-order valence-corrected chi connectivity index (χ2v) is 3.70. The minimum Gasteiger partial charge on any atom is -0.481 e. The van der Waals surface area contributed by atoms with Crippen molar-refractivity contribution in [3.63, 3.8) is 0 Å². The number of ether oxygens (including phenoxy) is 1. The predicted molar refractivity (Wildman–Crippen MR) is 43.8 cm³/mol. The van der Waals surface area contributed by atoms with Gasteiger partial charge < -0.3 is 15.6 Å². The highest BCUT2D eigenvalue weighted by Gasteiger charge is 2.55. The van der Waals surface area contributed by atoms with E-state index in [1.807, 2.05) is 0 Å². The van der Waals surface area contributed by atoms with Gasteiger partial charge in [0.15, 0.2) is 0 Å². The van der Waals surface area contributed by atoms with E-state index < -0.39 is 17.0 Å². The zero-order valence-electron chi connectivity index (χ0n) is 7.46. The summed E-state index contributed by atoms with van der Waals surface area (Å²) in [5.41, 5.74) is 3.94. The average Bonchev–Trinajstić information content (AvgIpc) is 2.25. The Morgan fingerprint density at radius 2 is 2.25 bits per heavy atom. The van der Waals surface area contributed by atoms with Crippen LogP contribution in [0.4, 0.5) is 0 Å². The van der Waals surface area contributed by atoms with E-state index in [0.717, 1.165) is 0 Å². The van der Waals surface area contributed by atoms with Crippen LogP contribution in [0.2, 0.25) is 0 Å². The van der Waals surface area contributed by atoms with Crippen LogP contribution in [0.15, 0.2) is 0 Å². The van der Waals surface area contributed by atoms with E-state index in [9.17, 15) is 4.79 Å². The second-order valence-electron chi connectivity index (χ2n) is 3.70. The van der Waals surface area contributed by atoms with Gasteiger partial charge >= 0.3 is 5.97 Å². The Morgan fingerprint density at radius 1 is 1.67 bits per heavy atom. The first-order valence-corrected chi connectivity index (χ1v) is 4.04. The molecule has 4 nitrogen and oxygen atoms in total. The van der Waals surface area contributed by atoms with Crippen LogP contribution in [0, 0.1) is 5.41 Å². The fourth-order valence-corrected chi connectivity index (χ4v) is 1.72. The lowest BCUT2D eigenvalue weighted by Gasteiger charge is -2.34. The first kappa shape index (κ1) is 9.48. The van der Waals surface area contributed by atoms with Crippen LogP contribution in [-0.2, 0) is 9.53 Å². The predicted octanol–water partition coefficient (Wildman–Crippen LogP) is 0.215. The summed E-state index contributed by atoms with van der Waals surface area (Å²) in [5.74, 6) is -0.854. The third-order valence-electron chi connectivity index (χ3n) is 2.90. The topological polar surface area (TPSA) is 72.5 Å². The molecule has 0 aromatic carbocycles. The van der Waals surface area contributed by atoms with Gasteiger partial charge in [0.25, 0.3) is 0 Å². The molecule has 0 saturated carbocycles. The third kappa shape index (κ3) is 1.03. The molecule has 0 aromatic rings. The fourth-order valence-electron chi connectivity index (χ4n) is 1.72. The van der Waals surface area contributed by atoms with Crippen LogP contribution < -0.4 is 5.73 Å². The molecule has 1 aliphatic heterocycles. The van der Waals surface area contributed by atoms with E-state index in [1.54, 1.807) is 13.8 Å². The lowest BCUT2D eigenvalue weighted by atomic mass is 9.73. The second kappa shape index (κ2) is 2.71. The van der Waals surface area contributed by atoms with Gasteiger partial charge in [0, 0.05) is 13.2 Å². The number of carboxylic acid groups (broad SMARTS) is 1. The maximum Gasteiger partial charge on any atom is 0.313 e. The van der Waals surface area contributed by atoms with Crippen molar-refractivity contribution in [2.75, 3.05) is 13.2 Å². The monoisotopic (exact) mass is 173 g/mol. The maximum absolute atomic E-state index is 11.0. The number of aliphatic carboxylic acids is 1. The number of hydrogen-bond donors (Lipinski definition) is 2. The van der Waals surface area contributed by atoms with Crippen molar-refractivity contribution < 1.29 is 14.6 Å². The Hall–Kier alpha value is -0.610. The van der Waals surface area contributed by atoms with Crippen molar-refractivity contribution in [2.45, 2.75) is 25.9 Å². The minimum atomic E-state index is -0.896. The summed E-state index contributed by atoms with van der Waals surface area (Å²) in [5, 5.41) is 9.04. The summed E-state index contributed by atoms with van der Waals surface area (Å²) in [6, 6.07) is 0. The zero-order valence-corrected chi connectivity index (χ0v) is 7.46. The zero-order chi connectivity index (χ0) is 9.41. The third-order valence-corrected chi connectivity index (χ3v) is 2.90. The molecule has 1 rings (SSSR count). The van der Waals surface area contributed by atoms with E-state index in [4.69, 9.17) is 15.6 Å². The molecule has 3 N–H and O–H groups in total. The van der Waals surface area contributed by atoms with Crippen molar-refractivity contribution in [1.29, 1.82) is 0 Å². The summed E-state index contributed by atoms with van der Waals surface area (Å²) in [6.07, 6.45) is 0.506. The van der Waals surface area contributed by atoms with Gasteiger partial charge in [0.2, 0.25) is 0 Å². The molecule has 1 heterocycles. The molecule has 4 heteroatoms. The largest absolute Gasteiger partial charge is 0.481 e. The summed E-state index contributed by atoms with van der Waals surface area (Å²) >= 11 is 0. The van der Waals surface area contributed by atoms with Crippen molar-refractivity contribution >= 4 is 5.97 Å². The van der Waals surface area contributed by atoms with Gasteiger partial charge in [-0.25, -0.2) is 0 Å². The smallest absolute Gasteiger partial charge is 0.313 e. The maximum atomic E-state index is 11.0. The van der Waals surface area contributed by atoms with E-state index in [0.29, 0.717) is 13.0 Å². The Kier molecular flexibility index (Phi) is 2.14. The number of rotatable bonds is 2. The molecule has 0 radical (unpaired) electrons. The molecule has 1 aliphatic rings. The number of carboxylic acids is 1. The molecule has 1 atom stereocenters. The summed E-state index contributed by atoms with van der Waals surface area (Å²) in [6.45, 7) is 4.17. The Labute approximate surface area is 71.7 Å². The quantitative estimate of drug-likeness (QED) is 0.626. The van der Waals surface area contributed by atoms with E-state index in [2.05, 4.69) is 0 Å². The van der Waals surface area contributed by atoms with Crippen molar-refractivity contribution in [1.82, 2.24) is 0 Å². The van der Waals surface area contributed by atoms with E-state index in [-0.39, 0.29) is 6.54 Å². The molecular weight excluding hydrogens is 158 g/mol. The van der Waals surface area contributed by atoms with Gasteiger partial charge in [0.05, 0.1) is 5.60 Å². The van der Waals surface area contributed by atoms with Gasteiger partial charge in [-0.15, -0.1) is 0 Å². The number of hydrogen-bond acceptors (Lipinski definition) is 3. The molecule has 1 saturated heterocycles. The van der Waals surface area contributed by atoms with Crippen molar-refractivity contribution in [3.8, 4) is 0 Å². The lowest BCUT2D eigenvalue weighted by Crippen LogP contribution is -2.51. The van der Waals surface area contributed by atoms with Crippen molar-refractivity contribution in [2.24, 2.45) is 11.1 Å². The Balaban J connectivity index is 3.00. The summed E-state index contributed by atoms with van der Waals surface area (Å²) in [7, 11) is 0. The average molecular weight is 173 g/mol. The first-order valence-electron chi connectivity index (χ1n) is 4.04. The van der Waals surface area contributed by atoms with Crippen LogP contribution in [0.3, 0.4) is 0 Å². The molecule has 0 amide bonds. The van der Waals surface area contributed by atoms with Gasteiger partial charge in [-0.2, -0.15) is 0 Å². The SMILES string of the molecule is CC1(C)OCCC1(CN)C(=O)O. The molecule has 70 valence electrons. The molecule has 0 aromatic heterocycles. The van der Waals surface area contributed by atoms with Crippen LogP contribution >= 0.6 is 0 Å². The molecule has 1 fully saturated rings. The highest BCUT2D eigenvalue weighted by atomic mass is 16.5. The van der Waals surface area contributed by atoms with Gasteiger partial charge in [-0.1, -0.05) is 0 Å². The van der Waals surface area contributed by atoms with Crippen LogP contribution in [0.5, 0.6) is 0 Å². The van der Waals surface area contributed by atoms with Crippen LogP contribution in [0.1, 0.15) is 20.3 Å². The molecule has 12 heavy (non-hydrogen) atoms. The molecule has 0 aliphatic carbocycles. The summed E-state index contributed by atoms with van der Waals surface area (Å²) in [4.78, 5) is 11.0. The van der Waals surface area contributed by atoms with Gasteiger partial charge in [0.1, 0.15) is 5.41 Å². The van der Waals surface area contributed by atoms with E-state index in [1.165, 1.54) is 0 Å². The van der Waals surface area contributed by atoms with Crippen LogP contribution in [-0.4, -0.2) is 29.8 Å². The molecule has 0 spiro atoms. The van der Waals surface area contributed by atoms with E-state index >= 15 is 0 Å². The molecular formula is C8H15NO3. The van der Waals surface area contributed by atoms with Gasteiger partial charge in [-0.3, -0.25) is 4.79 Å². The molecule has 1 unspecified atom stereocenters. The Bertz CT molecular complexity index is 202. The summed E-state index contributed by atoms with van der Waals surface area (Å²) < 4.78 is 5.35. The lowest BCUT2D eigenvalue weighted by molar-refractivity contribution is -0.157. The van der Waals surface area contributed by atoms with Crippen LogP contribution in [0.25, 0.3) is 0 Å². The number of carbonyl (C=O) groups is 1. The standard InChI is InChI=1S/C8H15NO3/c1-7(2)8(5-9,6(10)11)3-4-12-7/h3-5,9H2,1-2H3,(H,10,11). The molecule has 0 bridgehead atoms. The first-order chi connectivity index (χ1) is 5.46. The van der Waals surface area contributed by atoms with Crippen molar-refractivity contribution in [3.05, 3.63) is 0 Å².